The van der Waals surface area contributed by atoms with Crippen molar-refractivity contribution in [2.45, 2.75) is 6.92 Å². The monoisotopic (exact) mass is 889 g/mol. The number of hydrogen-bond acceptors (Lipinski definition) is 9. The second-order valence-corrected chi connectivity index (χ2v) is 16.3. The highest BCUT2D eigenvalue weighted by molar-refractivity contribution is 6.17. The Balaban J connectivity index is 1.14. The molecule has 0 atom stereocenters. The van der Waals surface area contributed by atoms with Crippen molar-refractivity contribution in [2.75, 3.05) is 0 Å². The molecule has 0 unspecified atom stereocenters. The second-order valence-electron chi connectivity index (χ2n) is 16.3. The van der Waals surface area contributed by atoms with Gasteiger partial charge in [-0.2, -0.15) is 0 Å². The number of hydrogen-bond donors (Lipinski definition) is 0. The Kier molecular flexibility index (Phi) is 10.3. The van der Waals surface area contributed by atoms with Crippen LogP contribution in [0.15, 0.2) is 217 Å². The topological polar surface area (TPSA) is 121 Å². The summed E-state index contributed by atoms with van der Waals surface area (Å²) >= 11 is 0. The van der Waals surface area contributed by atoms with Gasteiger partial charge in [0.05, 0.1) is 11.0 Å². The van der Waals surface area contributed by atoms with Crippen LogP contribution in [0, 0.1) is 0 Å². The van der Waals surface area contributed by atoms with Crippen molar-refractivity contribution in [2.24, 2.45) is 0 Å². The molecule has 0 saturated heterocycles. The van der Waals surface area contributed by atoms with E-state index in [1.807, 2.05) is 133 Å². The fourth-order valence-electron chi connectivity index (χ4n) is 8.89. The van der Waals surface area contributed by atoms with E-state index in [0.29, 0.717) is 51.5 Å². The minimum Gasteiger partial charge on any atom is -0.452 e. The first kappa shape index (κ1) is 40.9. The van der Waals surface area contributed by atoms with Crippen LogP contribution in [0.1, 0.15) is 6.92 Å². The molecule has 326 valence electrons. The van der Waals surface area contributed by atoms with Gasteiger partial charge < -0.3 is 8.98 Å². The van der Waals surface area contributed by atoms with Gasteiger partial charge in [-0.05, 0) is 48.4 Å². The van der Waals surface area contributed by atoms with Crippen molar-refractivity contribution in [1.82, 2.24) is 44.4 Å². The molecule has 10 nitrogen and oxygen atoms in total. The van der Waals surface area contributed by atoms with Crippen molar-refractivity contribution in [3.05, 3.63) is 213 Å². The first-order valence-corrected chi connectivity index (χ1v) is 22.6. The summed E-state index contributed by atoms with van der Waals surface area (Å²) in [5.41, 5.74) is 10.5. The van der Waals surface area contributed by atoms with E-state index in [-0.39, 0.29) is 11.6 Å². The van der Waals surface area contributed by atoms with Crippen molar-refractivity contribution in [3.63, 3.8) is 0 Å². The first-order valence-electron chi connectivity index (χ1n) is 22.6. The predicted octanol–water partition coefficient (Wildman–Crippen LogP) is 14.1. The average Bonchev–Trinajstić information content (AvgIpc) is 3.97. The molecule has 0 aliphatic rings. The number of rotatable bonds is 10. The Hall–Kier alpha value is -9.54. The summed E-state index contributed by atoms with van der Waals surface area (Å²) in [4.78, 5) is 40.8. The molecular formula is C59H39N9O. The molecule has 0 radical (unpaired) electrons. The lowest BCUT2D eigenvalue weighted by Gasteiger charge is -2.10. The molecule has 0 amide bonds. The van der Waals surface area contributed by atoms with Gasteiger partial charge in [-0.3, -0.25) is 0 Å². The summed E-state index contributed by atoms with van der Waals surface area (Å²) in [6, 6.07) is 60.6. The van der Waals surface area contributed by atoms with Crippen LogP contribution in [0.4, 0.5) is 0 Å². The SMILES string of the molecule is C=C/C=C\C(=C/C)n1c2ccccc2c2c(-c3ccc4oc5c(-c6nc(-c7ccccc7)nc(-c7ccccc7)n6)nc(-c6nc(-c7ccccc7)nc(-c7ccccc7)n6)nc5c4c3)cccc21. The molecule has 12 aromatic rings. The summed E-state index contributed by atoms with van der Waals surface area (Å²) in [5, 5.41) is 3.04. The van der Waals surface area contributed by atoms with E-state index in [9.17, 15) is 0 Å². The third kappa shape index (κ3) is 7.42. The number of aromatic nitrogens is 9. The van der Waals surface area contributed by atoms with Gasteiger partial charge in [-0.25, -0.2) is 39.9 Å². The van der Waals surface area contributed by atoms with Gasteiger partial charge in [0.1, 0.15) is 11.1 Å². The Bertz CT molecular complexity index is 3860. The van der Waals surface area contributed by atoms with E-state index in [4.69, 9.17) is 44.3 Å². The van der Waals surface area contributed by atoms with E-state index < -0.39 is 0 Å². The molecule has 0 aliphatic carbocycles. The van der Waals surface area contributed by atoms with E-state index in [2.05, 4.69) is 84.8 Å². The molecule has 0 N–H and O–H groups in total. The fourth-order valence-corrected chi connectivity index (χ4v) is 8.89. The summed E-state index contributed by atoms with van der Waals surface area (Å²) in [6.07, 6.45) is 7.96. The predicted molar refractivity (Wildman–Crippen MR) is 276 cm³/mol. The lowest BCUT2D eigenvalue weighted by molar-refractivity contribution is 0.666. The third-order valence-electron chi connectivity index (χ3n) is 12.1. The van der Waals surface area contributed by atoms with Gasteiger partial charge in [-0.15, -0.1) is 0 Å². The van der Waals surface area contributed by atoms with Crippen LogP contribution in [0.5, 0.6) is 0 Å². The fraction of sp³-hybridized carbons (Fsp3) is 0.0169. The zero-order valence-corrected chi connectivity index (χ0v) is 37.3. The summed E-state index contributed by atoms with van der Waals surface area (Å²) < 4.78 is 9.14. The van der Waals surface area contributed by atoms with Crippen LogP contribution in [-0.4, -0.2) is 44.4 Å². The maximum atomic E-state index is 6.84. The molecule has 0 aliphatic heterocycles. The van der Waals surface area contributed by atoms with Crippen molar-refractivity contribution < 1.29 is 4.42 Å². The normalized spacial score (nSPS) is 11.9. The molecule has 12 rings (SSSR count). The zero-order valence-electron chi connectivity index (χ0n) is 37.3. The second kappa shape index (κ2) is 17.4. The Morgan fingerprint density at radius 3 is 1.54 bits per heavy atom. The Morgan fingerprint density at radius 2 is 0.971 bits per heavy atom. The minimum atomic E-state index is 0.252. The Labute approximate surface area is 396 Å². The lowest BCUT2D eigenvalue weighted by atomic mass is 9.98. The van der Waals surface area contributed by atoms with Crippen LogP contribution < -0.4 is 0 Å². The molecule has 69 heavy (non-hydrogen) atoms. The molecule has 10 heteroatoms. The molecule has 7 aromatic carbocycles. The van der Waals surface area contributed by atoms with Crippen molar-refractivity contribution >= 4 is 49.6 Å². The number of benzene rings is 7. The number of allylic oxidation sites excluding steroid dienone is 5. The molecule has 5 heterocycles. The van der Waals surface area contributed by atoms with Gasteiger partial charge in [0.25, 0.3) is 0 Å². The first-order chi connectivity index (χ1) is 34.1. The zero-order chi connectivity index (χ0) is 46.3. The van der Waals surface area contributed by atoms with Gasteiger partial charge in [0, 0.05) is 44.1 Å². The van der Waals surface area contributed by atoms with Crippen LogP contribution >= 0.6 is 0 Å². The lowest BCUT2D eigenvalue weighted by Crippen LogP contribution is -2.05. The molecule has 0 spiro atoms. The summed E-state index contributed by atoms with van der Waals surface area (Å²) in [7, 11) is 0. The van der Waals surface area contributed by atoms with Gasteiger partial charge in [0.15, 0.2) is 46.2 Å². The highest BCUT2D eigenvalue weighted by atomic mass is 16.3. The standard InChI is InChI=1S/C59H39N9O/c1-3-5-29-42(4-2)68-46-32-19-18-30-44(46)49-43(31-20-33-47(49)68)41-34-35-48-45(36-41)50-52(69-48)51(57-64-53(37-21-10-6-11-22-37)62-54(65-57)38-23-12-7-13-24-38)61-58(60-50)59-66-55(39-25-14-8-15-26-39)63-56(67-59)40-27-16-9-17-28-40/h3-36H,1H2,2H3/b29-5-,42-4+. The highest BCUT2D eigenvalue weighted by Crippen LogP contribution is 2.42. The minimum absolute atomic E-state index is 0.252. The smallest absolute Gasteiger partial charge is 0.201 e. The highest BCUT2D eigenvalue weighted by Gasteiger charge is 2.25. The van der Waals surface area contributed by atoms with Gasteiger partial charge >= 0.3 is 0 Å². The third-order valence-corrected chi connectivity index (χ3v) is 12.1. The molecule has 0 bridgehead atoms. The summed E-state index contributed by atoms with van der Waals surface area (Å²) in [6.45, 7) is 5.97. The number of fused-ring (bicyclic) bond motifs is 6. The number of nitrogens with zero attached hydrogens (tertiary/aromatic N) is 9. The number of furan rings is 1. The quantitative estimate of drug-likeness (QED) is 0.124. The van der Waals surface area contributed by atoms with Crippen molar-refractivity contribution in [1.29, 1.82) is 0 Å². The van der Waals surface area contributed by atoms with Crippen LogP contribution in [0.3, 0.4) is 0 Å². The average molecular weight is 890 g/mol. The van der Waals surface area contributed by atoms with Gasteiger partial charge in [0.2, 0.25) is 5.82 Å². The maximum absolute atomic E-state index is 6.84. The molecule has 0 saturated carbocycles. The van der Waals surface area contributed by atoms with E-state index in [1.54, 1.807) is 6.08 Å². The summed E-state index contributed by atoms with van der Waals surface area (Å²) in [5.74, 6) is 2.76. The van der Waals surface area contributed by atoms with E-state index in [1.165, 1.54) is 0 Å². The Morgan fingerprint density at radius 1 is 0.464 bits per heavy atom. The molecule has 0 fully saturated rings. The van der Waals surface area contributed by atoms with E-state index in [0.717, 1.165) is 66.3 Å². The van der Waals surface area contributed by atoms with Crippen molar-refractivity contribution in [3.8, 4) is 79.8 Å². The maximum Gasteiger partial charge on any atom is 0.201 e. The van der Waals surface area contributed by atoms with Gasteiger partial charge in [-0.1, -0.05) is 183 Å². The van der Waals surface area contributed by atoms with E-state index >= 15 is 0 Å². The largest absolute Gasteiger partial charge is 0.452 e. The number of para-hydroxylation sites is 1. The van der Waals surface area contributed by atoms with Crippen LogP contribution in [0.25, 0.3) is 129 Å². The molecule has 5 aromatic heterocycles. The van der Waals surface area contributed by atoms with Crippen LogP contribution in [0.2, 0.25) is 0 Å². The van der Waals surface area contributed by atoms with Crippen LogP contribution in [-0.2, 0) is 0 Å². The molecular weight excluding hydrogens is 851 g/mol.